The Hall–Kier alpha value is -5.58. The fourth-order valence-electron chi connectivity index (χ4n) is 12.9. The zero-order valence-corrected chi connectivity index (χ0v) is 39.8. The van der Waals surface area contributed by atoms with Crippen LogP contribution in [0.5, 0.6) is 11.8 Å². The number of ether oxygens (including phenoxy) is 2. The van der Waals surface area contributed by atoms with Crippen LogP contribution in [-0.2, 0) is 20.7 Å². The van der Waals surface area contributed by atoms with Gasteiger partial charge < -0.3 is 34.6 Å². The van der Waals surface area contributed by atoms with Gasteiger partial charge in [-0.05, 0) is 123 Å². The van der Waals surface area contributed by atoms with Gasteiger partial charge in [0, 0.05) is 92.7 Å². The SMILES string of the molecule is CCc1cccc2cc(O)cc(-c3ncc4c(N5CC6CCC(C5)N6)nc(OCC5(CN6CCC(OC7CC8(CCN(c9cc(F)c(C%10CCC(=O)NC%10=O)c(F)c9)CC8)C7)CC6)CC5)nc4c3F)c12. The highest BCUT2D eigenvalue weighted by Crippen LogP contribution is 2.52. The third kappa shape index (κ3) is 8.61. The van der Waals surface area contributed by atoms with E-state index in [1.807, 2.05) is 23.1 Å². The first-order valence-electron chi connectivity index (χ1n) is 25.6. The zero-order chi connectivity index (χ0) is 47.9. The summed E-state index contributed by atoms with van der Waals surface area (Å²) in [5.74, 6) is -3.43. The number of aromatic hydroxyl groups is 1. The Kier molecular flexibility index (Phi) is 11.7. The minimum atomic E-state index is -1.01. The van der Waals surface area contributed by atoms with Crippen LogP contribution in [0.2, 0.25) is 0 Å². The molecular weight excluding hydrogens is 898 g/mol. The van der Waals surface area contributed by atoms with Crippen molar-refractivity contribution in [3.05, 3.63) is 77.2 Å². The number of fused-ring (bicyclic) bond motifs is 4. The molecule has 5 aromatic rings. The predicted octanol–water partition coefficient (Wildman–Crippen LogP) is 8.08. The van der Waals surface area contributed by atoms with Crippen LogP contribution in [0, 0.1) is 28.3 Å². The smallest absolute Gasteiger partial charge is 0.319 e. The van der Waals surface area contributed by atoms with Gasteiger partial charge in [0.15, 0.2) is 5.82 Å². The number of aryl methyl sites for hydroxylation is 1. The van der Waals surface area contributed by atoms with Gasteiger partial charge in [0.1, 0.15) is 34.4 Å². The van der Waals surface area contributed by atoms with E-state index >= 15 is 13.2 Å². The summed E-state index contributed by atoms with van der Waals surface area (Å²) in [4.78, 5) is 45.2. The van der Waals surface area contributed by atoms with Crippen LogP contribution in [0.25, 0.3) is 32.9 Å². The van der Waals surface area contributed by atoms with Crippen LogP contribution >= 0.6 is 0 Å². The monoisotopic (exact) mass is 958 g/mol. The quantitative estimate of drug-likeness (QED) is 0.104. The highest BCUT2D eigenvalue weighted by molar-refractivity contribution is 6.02. The number of nitrogens with one attached hydrogen (secondary N) is 2. The predicted molar refractivity (Wildman–Crippen MR) is 260 cm³/mol. The number of imide groups is 1. The third-order valence-corrected chi connectivity index (χ3v) is 16.9. The van der Waals surface area contributed by atoms with Crippen molar-refractivity contribution >= 4 is 45.0 Å². The number of carbonyl (C=O) groups is 2. The topological polar surface area (TPSA) is 145 Å². The van der Waals surface area contributed by atoms with Gasteiger partial charge in [0.05, 0.1) is 30.1 Å². The summed E-state index contributed by atoms with van der Waals surface area (Å²) in [6.07, 6.45) is 13.1. The lowest BCUT2D eigenvalue weighted by Gasteiger charge is -2.53. The Morgan fingerprint density at radius 1 is 0.857 bits per heavy atom. The van der Waals surface area contributed by atoms with E-state index in [1.165, 1.54) is 12.1 Å². The average molecular weight is 959 g/mol. The average Bonchev–Trinajstić information content (AvgIpc) is 4.03. The number of carbonyl (C=O) groups excluding carboxylic acids is 2. The lowest BCUT2D eigenvalue weighted by atomic mass is 9.61. The molecule has 3 atom stereocenters. The van der Waals surface area contributed by atoms with Crippen LogP contribution in [0.1, 0.15) is 101 Å². The second-order valence-electron chi connectivity index (χ2n) is 21.7. The van der Waals surface area contributed by atoms with E-state index in [1.54, 1.807) is 18.3 Å². The molecule has 7 heterocycles. The van der Waals surface area contributed by atoms with E-state index in [0.717, 1.165) is 120 Å². The van der Waals surface area contributed by atoms with Crippen LogP contribution < -0.4 is 25.2 Å². The number of rotatable bonds is 12. The van der Waals surface area contributed by atoms with Gasteiger partial charge in [0.2, 0.25) is 11.8 Å². The van der Waals surface area contributed by atoms with Crippen LogP contribution in [-0.4, -0.2) is 113 Å². The van der Waals surface area contributed by atoms with Crippen molar-refractivity contribution in [1.29, 1.82) is 0 Å². The maximum absolute atomic E-state index is 17.2. The van der Waals surface area contributed by atoms with Crippen LogP contribution in [0.4, 0.5) is 24.7 Å². The van der Waals surface area contributed by atoms with Crippen molar-refractivity contribution in [2.45, 2.75) is 121 Å². The highest BCUT2D eigenvalue weighted by Gasteiger charge is 2.49. The number of piperidine rings is 3. The number of hydrogen-bond donors (Lipinski definition) is 3. The first-order chi connectivity index (χ1) is 33.9. The molecule has 2 bridgehead atoms. The standard InChI is InChI=1S/C54H61F3N8O5/c1-2-31-4-3-5-32-20-36(66)23-40(45(31)32)48-47(57)49-41(26-58-48)50(65-27-33-6-7-34(28-65)59-33)62-52(61-49)69-30-54(12-13-54)29-63-16-10-37(11-17-63)70-38-24-53(25-38)14-18-64(19-15-53)35-21-42(55)46(43(56)22-35)39-8-9-44(67)60-51(39)68/h3-5,20-23,26,33-34,37-39,59,66H,2,6-19,24-25,27-30H2,1H3,(H,60,67,68). The fraction of sp³-hybridized carbons (Fsp3) is 0.537. The normalized spacial score (nSPS) is 24.7. The van der Waals surface area contributed by atoms with Crippen molar-refractivity contribution in [2.24, 2.45) is 10.8 Å². The molecule has 2 aliphatic carbocycles. The number of phenols is 1. The van der Waals surface area contributed by atoms with Crippen LogP contribution in [0.15, 0.2) is 48.7 Å². The number of nitrogens with zero attached hydrogens (tertiary/aromatic N) is 6. The molecule has 5 aliphatic heterocycles. The summed E-state index contributed by atoms with van der Waals surface area (Å²) in [7, 11) is 0. The van der Waals surface area contributed by atoms with Crippen molar-refractivity contribution in [2.75, 3.05) is 62.2 Å². The molecule has 70 heavy (non-hydrogen) atoms. The first kappa shape index (κ1) is 45.6. The molecule has 5 saturated heterocycles. The number of aromatic nitrogens is 3. The van der Waals surface area contributed by atoms with Gasteiger partial charge in [-0.15, -0.1) is 0 Å². The number of likely N-dealkylation sites (tertiary alicyclic amines) is 1. The minimum Gasteiger partial charge on any atom is -0.508 e. The number of anilines is 2. The number of piperazine rings is 1. The summed E-state index contributed by atoms with van der Waals surface area (Å²) in [5, 5.41) is 18.9. The number of hydrogen-bond acceptors (Lipinski definition) is 12. The zero-order valence-electron chi connectivity index (χ0n) is 39.8. The maximum Gasteiger partial charge on any atom is 0.319 e. The highest BCUT2D eigenvalue weighted by atomic mass is 19.1. The van der Waals surface area contributed by atoms with Gasteiger partial charge in [-0.3, -0.25) is 19.9 Å². The van der Waals surface area contributed by atoms with E-state index in [4.69, 9.17) is 24.4 Å². The Morgan fingerprint density at radius 2 is 1.60 bits per heavy atom. The largest absolute Gasteiger partial charge is 0.508 e. The molecule has 2 saturated carbocycles. The van der Waals surface area contributed by atoms with E-state index in [0.29, 0.717) is 54.2 Å². The summed E-state index contributed by atoms with van der Waals surface area (Å²) in [6.45, 7) is 8.22. The van der Waals surface area contributed by atoms with E-state index < -0.39 is 35.2 Å². The molecular formula is C54H61F3N8O5. The molecule has 0 radical (unpaired) electrons. The molecule has 368 valence electrons. The number of halogens is 3. The number of amides is 2. The minimum absolute atomic E-state index is 0.0261. The maximum atomic E-state index is 17.2. The van der Waals surface area contributed by atoms with Gasteiger partial charge in [-0.2, -0.15) is 9.97 Å². The van der Waals surface area contributed by atoms with Crippen molar-refractivity contribution in [1.82, 2.24) is 30.5 Å². The number of phenolic OH excluding ortho intramolecular Hbond substituents is 1. The molecule has 2 aromatic heterocycles. The fourth-order valence-corrected chi connectivity index (χ4v) is 12.9. The summed E-state index contributed by atoms with van der Waals surface area (Å²) in [5.41, 5.74) is 2.27. The van der Waals surface area contributed by atoms with Gasteiger partial charge in [-0.25, -0.2) is 13.2 Å². The molecule has 13 nitrogen and oxygen atoms in total. The lowest BCUT2D eigenvalue weighted by molar-refractivity contribution is -0.134. The Labute approximate surface area is 405 Å². The van der Waals surface area contributed by atoms with Crippen LogP contribution in [0.3, 0.4) is 0 Å². The molecule has 3 N–H and O–H groups in total. The number of pyridine rings is 1. The molecule has 2 amide bonds. The van der Waals surface area contributed by atoms with Gasteiger partial charge in [-0.1, -0.05) is 25.1 Å². The van der Waals surface area contributed by atoms with E-state index in [-0.39, 0.29) is 64.4 Å². The second-order valence-corrected chi connectivity index (χ2v) is 21.7. The lowest BCUT2D eigenvalue weighted by Crippen LogP contribution is -2.51. The molecule has 1 spiro atoms. The molecule has 3 aromatic carbocycles. The Balaban J connectivity index is 0.666. The second kappa shape index (κ2) is 17.9. The van der Waals surface area contributed by atoms with Crippen molar-refractivity contribution < 1.29 is 37.3 Å². The molecule has 3 unspecified atom stereocenters. The van der Waals surface area contributed by atoms with Gasteiger partial charge >= 0.3 is 6.01 Å². The molecule has 7 aliphatic rings. The Bertz CT molecular complexity index is 2840. The first-order valence-corrected chi connectivity index (χ1v) is 25.6. The third-order valence-electron chi connectivity index (χ3n) is 16.9. The summed E-state index contributed by atoms with van der Waals surface area (Å²) in [6, 6.07) is 12.7. The van der Waals surface area contributed by atoms with E-state index in [2.05, 4.69) is 27.4 Å². The Morgan fingerprint density at radius 3 is 2.30 bits per heavy atom. The summed E-state index contributed by atoms with van der Waals surface area (Å²) < 4.78 is 61.0. The number of benzene rings is 3. The van der Waals surface area contributed by atoms with Gasteiger partial charge in [0.25, 0.3) is 0 Å². The van der Waals surface area contributed by atoms with Crippen molar-refractivity contribution in [3.8, 4) is 23.0 Å². The molecule has 12 rings (SSSR count). The molecule has 16 heteroatoms. The molecule has 7 fully saturated rings. The van der Waals surface area contributed by atoms with Crippen molar-refractivity contribution in [3.63, 3.8) is 0 Å². The van der Waals surface area contributed by atoms with E-state index in [9.17, 15) is 14.7 Å². The summed E-state index contributed by atoms with van der Waals surface area (Å²) >= 11 is 0.